The normalized spacial score (nSPS) is 17.0. The lowest BCUT2D eigenvalue weighted by atomic mass is 9.82. The number of benzene rings is 2. The minimum absolute atomic E-state index is 0.0969. The molecule has 142 valence electrons. The number of amides is 1. The molecule has 4 nitrogen and oxygen atoms in total. The molecule has 0 saturated carbocycles. The van der Waals surface area contributed by atoms with Crippen LogP contribution in [0.1, 0.15) is 34.5 Å². The van der Waals surface area contributed by atoms with Crippen LogP contribution in [-0.4, -0.2) is 28.5 Å². The number of hydrogen-bond acceptors (Lipinski definition) is 2. The molecule has 5 rings (SSSR count). The Morgan fingerprint density at radius 1 is 1.07 bits per heavy atom. The summed E-state index contributed by atoms with van der Waals surface area (Å²) in [6, 6.07) is 17.3. The summed E-state index contributed by atoms with van der Waals surface area (Å²) >= 11 is 0. The van der Waals surface area contributed by atoms with E-state index in [1.807, 2.05) is 17.0 Å². The third kappa shape index (κ3) is 2.53. The highest BCUT2D eigenvalue weighted by Gasteiger charge is 2.42. The van der Waals surface area contributed by atoms with E-state index >= 15 is 0 Å². The summed E-state index contributed by atoms with van der Waals surface area (Å²) in [5, 5.41) is 3.75. The number of aryl methyl sites for hydroxylation is 1. The standard InChI is InChI=1S/C23H22FN3O/c1-16-8-9-17(15-18(16)24)22(28)26-13-10-23(11-14-26)21-7-4-12-27(21)20-6-3-2-5-19(20)25-23/h2-9,12,15,25H,10-11,13-14H2,1H3. The number of rotatable bonds is 1. The SMILES string of the molecule is Cc1ccc(C(=O)N2CCC3(CC2)Nc2ccccc2-n2cccc23)cc1F. The van der Waals surface area contributed by atoms with Gasteiger partial charge in [-0.25, -0.2) is 4.39 Å². The predicted octanol–water partition coefficient (Wildman–Crippen LogP) is 4.48. The van der Waals surface area contributed by atoms with Crippen molar-refractivity contribution in [1.29, 1.82) is 0 Å². The Morgan fingerprint density at radius 2 is 1.86 bits per heavy atom. The minimum atomic E-state index is -0.331. The fourth-order valence-corrected chi connectivity index (χ4v) is 4.47. The second-order valence-electron chi connectivity index (χ2n) is 7.74. The molecule has 2 aromatic carbocycles. The Hall–Kier alpha value is -3.08. The third-order valence-electron chi connectivity index (χ3n) is 6.10. The van der Waals surface area contributed by atoms with Crippen LogP contribution in [-0.2, 0) is 5.54 Å². The van der Waals surface area contributed by atoms with Crippen molar-refractivity contribution in [3.8, 4) is 5.69 Å². The second-order valence-corrected chi connectivity index (χ2v) is 7.74. The smallest absolute Gasteiger partial charge is 0.253 e. The third-order valence-corrected chi connectivity index (χ3v) is 6.10. The molecular formula is C23H22FN3O. The number of carbonyl (C=O) groups is 1. The molecule has 2 aliphatic heterocycles. The van der Waals surface area contributed by atoms with E-state index in [0.29, 0.717) is 24.2 Å². The Morgan fingerprint density at radius 3 is 2.64 bits per heavy atom. The van der Waals surface area contributed by atoms with Gasteiger partial charge in [0.2, 0.25) is 0 Å². The Labute approximate surface area is 163 Å². The van der Waals surface area contributed by atoms with Gasteiger partial charge in [0.15, 0.2) is 0 Å². The summed E-state index contributed by atoms with van der Waals surface area (Å²) < 4.78 is 16.1. The van der Waals surface area contributed by atoms with Crippen LogP contribution in [0, 0.1) is 12.7 Å². The lowest BCUT2D eigenvalue weighted by Gasteiger charge is -2.46. The molecule has 3 aromatic rings. The number of piperidine rings is 1. The van der Waals surface area contributed by atoms with Gasteiger partial charge in [-0.15, -0.1) is 0 Å². The Kier molecular flexibility index (Phi) is 3.79. The van der Waals surface area contributed by atoms with Gasteiger partial charge in [-0.3, -0.25) is 4.79 Å². The molecule has 1 spiro atoms. The minimum Gasteiger partial charge on any atom is -0.372 e. The van der Waals surface area contributed by atoms with Crippen LogP contribution < -0.4 is 5.32 Å². The second kappa shape index (κ2) is 6.23. The molecule has 0 atom stereocenters. The molecule has 1 saturated heterocycles. The van der Waals surface area contributed by atoms with Crippen molar-refractivity contribution in [2.45, 2.75) is 25.3 Å². The van der Waals surface area contributed by atoms with E-state index in [-0.39, 0.29) is 17.3 Å². The molecular weight excluding hydrogens is 353 g/mol. The summed E-state index contributed by atoms with van der Waals surface area (Å²) in [6.07, 6.45) is 3.72. The molecule has 0 radical (unpaired) electrons. The summed E-state index contributed by atoms with van der Waals surface area (Å²) in [6.45, 7) is 2.97. The zero-order chi connectivity index (χ0) is 19.3. The number of anilines is 1. The highest BCUT2D eigenvalue weighted by atomic mass is 19.1. The Balaban J connectivity index is 1.40. The van der Waals surface area contributed by atoms with Crippen molar-refractivity contribution >= 4 is 11.6 Å². The number of nitrogens with zero attached hydrogens (tertiary/aromatic N) is 2. The maximum atomic E-state index is 13.9. The Bertz CT molecular complexity index is 1060. The number of aromatic nitrogens is 1. The van der Waals surface area contributed by atoms with Crippen molar-refractivity contribution in [1.82, 2.24) is 9.47 Å². The molecule has 5 heteroatoms. The first-order chi connectivity index (χ1) is 13.6. The lowest BCUT2D eigenvalue weighted by Crippen LogP contribution is -2.51. The first-order valence-electron chi connectivity index (χ1n) is 9.68. The van der Waals surface area contributed by atoms with E-state index in [0.717, 1.165) is 24.2 Å². The van der Waals surface area contributed by atoms with E-state index in [2.05, 4.69) is 40.3 Å². The largest absolute Gasteiger partial charge is 0.372 e. The average Bonchev–Trinajstić information content (AvgIpc) is 3.22. The van der Waals surface area contributed by atoms with Crippen molar-refractivity contribution < 1.29 is 9.18 Å². The summed E-state index contributed by atoms with van der Waals surface area (Å²) in [4.78, 5) is 14.7. The first-order valence-corrected chi connectivity index (χ1v) is 9.68. The van der Waals surface area contributed by atoms with E-state index < -0.39 is 0 Å². The van der Waals surface area contributed by atoms with Crippen LogP contribution in [0.3, 0.4) is 0 Å². The van der Waals surface area contributed by atoms with Crippen LogP contribution in [0.4, 0.5) is 10.1 Å². The molecule has 28 heavy (non-hydrogen) atoms. The zero-order valence-electron chi connectivity index (χ0n) is 15.8. The van der Waals surface area contributed by atoms with Crippen molar-refractivity contribution in [3.05, 3.63) is 83.4 Å². The van der Waals surface area contributed by atoms with Gasteiger partial charge in [-0.05, 0) is 61.7 Å². The van der Waals surface area contributed by atoms with Crippen molar-refractivity contribution in [2.75, 3.05) is 18.4 Å². The summed E-state index contributed by atoms with van der Waals surface area (Å²) in [5.41, 5.74) is 4.30. The number of para-hydroxylation sites is 2. The van der Waals surface area contributed by atoms with Crippen molar-refractivity contribution in [3.63, 3.8) is 0 Å². The van der Waals surface area contributed by atoms with Gasteiger partial charge < -0.3 is 14.8 Å². The summed E-state index contributed by atoms with van der Waals surface area (Å²) in [5.74, 6) is -0.428. The van der Waals surface area contributed by atoms with Crippen LogP contribution in [0.5, 0.6) is 0 Å². The molecule has 1 aromatic heterocycles. The van der Waals surface area contributed by atoms with E-state index in [4.69, 9.17) is 0 Å². The van der Waals surface area contributed by atoms with Crippen LogP contribution in [0.2, 0.25) is 0 Å². The van der Waals surface area contributed by atoms with Gasteiger partial charge in [-0.1, -0.05) is 18.2 Å². The van der Waals surface area contributed by atoms with Gasteiger partial charge in [0, 0.05) is 30.5 Å². The maximum Gasteiger partial charge on any atom is 0.253 e. The van der Waals surface area contributed by atoms with E-state index in [1.54, 1.807) is 19.1 Å². The summed E-state index contributed by atoms with van der Waals surface area (Å²) in [7, 11) is 0. The molecule has 2 aliphatic rings. The number of carbonyl (C=O) groups excluding carboxylic acids is 1. The molecule has 1 N–H and O–H groups in total. The molecule has 1 amide bonds. The van der Waals surface area contributed by atoms with Crippen LogP contribution >= 0.6 is 0 Å². The van der Waals surface area contributed by atoms with Crippen molar-refractivity contribution in [2.24, 2.45) is 0 Å². The van der Waals surface area contributed by atoms with Crippen LogP contribution in [0.15, 0.2) is 60.8 Å². The van der Waals surface area contributed by atoms with Gasteiger partial charge in [0.1, 0.15) is 5.82 Å². The number of fused-ring (bicyclic) bond motifs is 4. The first kappa shape index (κ1) is 17.0. The topological polar surface area (TPSA) is 37.3 Å². The number of nitrogens with one attached hydrogen (secondary N) is 1. The number of likely N-dealkylation sites (tertiary alicyclic amines) is 1. The highest BCUT2D eigenvalue weighted by Crippen LogP contribution is 2.43. The zero-order valence-corrected chi connectivity index (χ0v) is 15.8. The predicted molar refractivity (Wildman–Crippen MR) is 107 cm³/mol. The van der Waals surface area contributed by atoms with Gasteiger partial charge in [-0.2, -0.15) is 0 Å². The monoisotopic (exact) mass is 375 g/mol. The molecule has 0 unspecified atom stereocenters. The number of halogens is 1. The van der Waals surface area contributed by atoms with E-state index in [9.17, 15) is 9.18 Å². The quantitative estimate of drug-likeness (QED) is 0.681. The van der Waals surface area contributed by atoms with Gasteiger partial charge in [0.05, 0.1) is 16.9 Å². The molecule has 1 fully saturated rings. The highest BCUT2D eigenvalue weighted by molar-refractivity contribution is 5.94. The fraction of sp³-hybridized carbons (Fsp3) is 0.261. The average molecular weight is 375 g/mol. The lowest BCUT2D eigenvalue weighted by molar-refractivity contribution is 0.0676. The molecule has 3 heterocycles. The molecule has 0 aliphatic carbocycles. The van der Waals surface area contributed by atoms with Crippen LogP contribution in [0.25, 0.3) is 5.69 Å². The van der Waals surface area contributed by atoms with Gasteiger partial charge >= 0.3 is 0 Å². The number of hydrogen-bond donors (Lipinski definition) is 1. The molecule has 0 bridgehead atoms. The van der Waals surface area contributed by atoms with E-state index in [1.165, 1.54) is 11.8 Å². The maximum absolute atomic E-state index is 13.9. The fourth-order valence-electron chi connectivity index (χ4n) is 4.47. The van der Waals surface area contributed by atoms with Gasteiger partial charge in [0.25, 0.3) is 5.91 Å².